The van der Waals surface area contributed by atoms with Crippen LogP contribution in [0.25, 0.3) is 0 Å². The molecule has 66 valence electrons. The summed E-state index contributed by atoms with van der Waals surface area (Å²) in [5, 5.41) is 0. The van der Waals surface area contributed by atoms with Gasteiger partial charge in [0.2, 0.25) is 0 Å². The largest absolute Gasteiger partial charge is 0.371 e. The highest BCUT2D eigenvalue weighted by atomic mass is 35.5. The molecule has 0 bridgehead atoms. The smallest absolute Gasteiger partial charge is 0.0395 e. The van der Waals surface area contributed by atoms with Crippen molar-refractivity contribution in [1.29, 1.82) is 0 Å². The maximum Gasteiger partial charge on any atom is 0.0395 e. The number of halogens is 1. The van der Waals surface area contributed by atoms with Crippen LogP contribution in [-0.4, -0.2) is 13.1 Å². The molecular formula is C10H14ClN. The molecule has 1 aromatic rings. The van der Waals surface area contributed by atoms with E-state index in [2.05, 4.69) is 36.1 Å². The molecule has 0 atom stereocenters. The Bertz CT molecular complexity index is 256. The molecule has 0 N–H and O–H groups in total. The van der Waals surface area contributed by atoms with Crippen LogP contribution in [0.1, 0.15) is 12.0 Å². The topological polar surface area (TPSA) is 3.24 Å². The van der Waals surface area contributed by atoms with Gasteiger partial charge in [0.25, 0.3) is 0 Å². The summed E-state index contributed by atoms with van der Waals surface area (Å²) in [5.41, 5.74) is 2.81. The lowest BCUT2D eigenvalue weighted by Gasteiger charge is -2.34. The van der Waals surface area contributed by atoms with E-state index in [1.54, 1.807) is 0 Å². The zero-order valence-electron chi connectivity index (χ0n) is 7.29. The van der Waals surface area contributed by atoms with E-state index < -0.39 is 0 Å². The van der Waals surface area contributed by atoms with Crippen LogP contribution in [0.5, 0.6) is 0 Å². The van der Waals surface area contributed by atoms with E-state index in [9.17, 15) is 0 Å². The molecule has 0 aromatic heterocycles. The van der Waals surface area contributed by atoms with Crippen LogP contribution in [0.15, 0.2) is 24.3 Å². The van der Waals surface area contributed by atoms with Gasteiger partial charge < -0.3 is 4.90 Å². The van der Waals surface area contributed by atoms with Gasteiger partial charge in [0.05, 0.1) is 0 Å². The zero-order chi connectivity index (χ0) is 7.68. The van der Waals surface area contributed by atoms with E-state index in [4.69, 9.17) is 0 Å². The van der Waals surface area contributed by atoms with Crippen LogP contribution in [0.2, 0.25) is 0 Å². The first-order chi connectivity index (χ1) is 5.38. The Labute approximate surface area is 79.8 Å². The van der Waals surface area contributed by atoms with Crippen LogP contribution in [0.3, 0.4) is 0 Å². The van der Waals surface area contributed by atoms with E-state index in [1.165, 1.54) is 30.8 Å². The first kappa shape index (κ1) is 9.40. The average molecular weight is 184 g/mol. The summed E-state index contributed by atoms with van der Waals surface area (Å²) >= 11 is 0. The Hall–Kier alpha value is -0.690. The monoisotopic (exact) mass is 183 g/mol. The number of nitrogens with zero attached hydrogens (tertiary/aromatic N) is 1. The molecule has 1 fully saturated rings. The fraction of sp³-hybridized carbons (Fsp3) is 0.400. The van der Waals surface area contributed by atoms with Crippen molar-refractivity contribution in [3.63, 3.8) is 0 Å². The first-order valence-electron chi connectivity index (χ1n) is 4.18. The lowest BCUT2D eigenvalue weighted by atomic mass is 10.1. The number of anilines is 1. The standard InChI is InChI=1S/C10H13N.ClH/c1-9-5-2-3-6-10(9)11-7-4-8-11;/h2-3,5-6H,4,7-8H2,1H3;1H. The number of hydrogen-bond donors (Lipinski definition) is 0. The first-order valence-corrected chi connectivity index (χ1v) is 4.18. The Balaban J connectivity index is 0.000000720. The van der Waals surface area contributed by atoms with Crippen molar-refractivity contribution in [3.8, 4) is 0 Å². The van der Waals surface area contributed by atoms with Crippen molar-refractivity contribution in [3.05, 3.63) is 29.8 Å². The van der Waals surface area contributed by atoms with Crippen molar-refractivity contribution >= 4 is 18.1 Å². The van der Waals surface area contributed by atoms with E-state index in [0.717, 1.165) is 0 Å². The molecule has 0 aliphatic carbocycles. The number of aryl methyl sites for hydroxylation is 1. The Kier molecular flexibility index (Phi) is 2.99. The second-order valence-corrected chi connectivity index (χ2v) is 3.13. The molecule has 1 saturated heterocycles. The number of hydrogen-bond acceptors (Lipinski definition) is 1. The molecule has 1 nitrogen and oxygen atoms in total. The third kappa shape index (κ3) is 1.56. The highest BCUT2D eigenvalue weighted by Gasteiger charge is 2.14. The summed E-state index contributed by atoms with van der Waals surface area (Å²) in [7, 11) is 0. The number of para-hydroxylation sites is 1. The Morgan fingerprint density at radius 3 is 2.33 bits per heavy atom. The van der Waals surface area contributed by atoms with E-state index in [-0.39, 0.29) is 12.4 Å². The SMILES string of the molecule is Cc1ccccc1N1CCC1.Cl. The molecule has 0 unspecified atom stereocenters. The van der Waals surface area contributed by atoms with Gasteiger partial charge in [-0.25, -0.2) is 0 Å². The third-order valence-corrected chi connectivity index (χ3v) is 2.31. The molecule has 0 spiro atoms. The van der Waals surface area contributed by atoms with Crippen molar-refractivity contribution in [2.75, 3.05) is 18.0 Å². The maximum absolute atomic E-state index is 2.43. The van der Waals surface area contributed by atoms with Gasteiger partial charge in [-0.2, -0.15) is 0 Å². The fourth-order valence-electron chi connectivity index (χ4n) is 1.48. The van der Waals surface area contributed by atoms with Gasteiger partial charge in [0.15, 0.2) is 0 Å². The van der Waals surface area contributed by atoms with E-state index in [0.29, 0.717) is 0 Å². The van der Waals surface area contributed by atoms with Crippen LogP contribution in [0.4, 0.5) is 5.69 Å². The van der Waals surface area contributed by atoms with E-state index in [1.807, 2.05) is 0 Å². The second-order valence-electron chi connectivity index (χ2n) is 3.13. The fourth-order valence-corrected chi connectivity index (χ4v) is 1.48. The number of benzene rings is 1. The molecule has 0 saturated carbocycles. The lowest BCUT2D eigenvalue weighted by molar-refractivity contribution is 0.616. The summed E-state index contributed by atoms with van der Waals surface area (Å²) in [5.74, 6) is 0. The van der Waals surface area contributed by atoms with E-state index >= 15 is 0 Å². The van der Waals surface area contributed by atoms with Crippen LogP contribution >= 0.6 is 12.4 Å². The second kappa shape index (κ2) is 3.81. The van der Waals surface area contributed by atoms with Crippen molar-refractivity contribution < 1.29 is 0 Å². The van der Waals surface area contributed by atoms with Crippen LogP contribution < -0.4 is 4.90 Å². The van der Waals surface area contributed by atoms with Crippen molar-refractivity contribution in [1.82, 2.24) is 0 Å². The Morgan fingerprint density at radius 1 is 1.17 bits per heavy atom. The van der Waals surface area contributed by atoms with Crippen molar-refractivity contribution in [2.24, 2.45) is 0 Å². The predicted molar refractivity (Wildman–Crippen MR) is 55.3 cm³/mol. The average Bonchev–Trinajstić information content (AvgIpc) is 1.90. The molecule has 1 heterocycles. The molecule has 0 radical (unpaired) electrons. The minimum absolute atomic E-state index is 0. The molecule has 1 aliphatic rings. The number of rotatable bonds is 1. The van der Waals surface area contributed by atoms with Gasteiger partial charge >= 0.3 is 0 Å². The van der Waals surface area contributed by atoms with Crippen LogP contribution in [0, 0.1) is 6.92 Å². The maximum atomic E-state index is 2.43. The Morgan fingerprint density at radius 2 is 1.83 bits per heavy atom. The summed E-state index contributed by atoms with van der Waals surface area (Å²) in [6.07, 6.45) is 1.36. The molecule has 1 aromatic carbocycles. The minimum Gasteiger partial charge on any atom is -0.371 e. The van der Waals surface area contributed by atoms with Crippen LogP contribution in [-0.2, 0) is 0 Å². The summed E-state index contributed by atoms with van der Waals surface area (Å²) in [4.78, 5) is 2.43. The van der Waals surface area contributed by atoms with Gasteiger partial charge in [-0.3, -0.25) is 0 Å². The summed E-state index contributed by atoms with van der Waals surface area (Å²) in [6.45, 7) is 4.66. The molecule has 1 aliphatic heterocycles. The third-order valence-electron chi connectivity index (χ3n) is 2.31. The minimum atomic E-state index is 0. The molecule has 2 heteroatoms. The molecular weight excluding hydrogens is 170 g/mol. The highest BCUT2D eigenvalue weighted by molar-refractivity contribution is 5.85. The summed E-state index contributed by atoms with van der Waals surface area (Å²) in [6, 6.07) is 8.58. The van der Waals surface area contributed by atoms with Gasteiger partial charge in [0.1, 0.15) is 0 Å². The zero-order valence-corrected chi connectivity index (χ0v) is 8.10. The molecule has 0 amide bonds. The molecule has 2 rings (SSSR count). The van der Waals surface area contributed by atoms with Gasteiger partial charge in [0, 0.05) is 18.8 Å². The van der Waals surface area contributed by atoms with Gasteiger partial charge in [-0.15, -0.1) is 12.4 Å². The quantitative estimate of drug-likeness (QED) is 0.647. The summed E-state index contributed by atoms with van der Waals surface area (Å²) < 4.78 is 0. The van der Waals surface area contributed by atoms with Gasteiger partial charge in [-0.05, 0) is 25.0 Å². The predicted octanol–water partition coefficient (Wildman–Crippen LogP) is 2.63. The normalized spacial score (nSPS) is 14.9. The van der Waals surface area contributed by atoms with Gasteiger partial charge in [-0.1, -0.05) is 18.2 Å². The van der Waals surface area contributed by atoms with Crippen molar-refractivity contribution in [2.45, 2.75) is 13.3 Å². The lowest BCUT2D eigenvalue weighted by Crippen LogP contribution is -2.37. The molecule has 12 heavy (non-hydrogen) atoms. The highest BCUT2D eigenvalue weighted by Crippen LogP contribution is 2.23.